The molecular formula is C13H12BrFN4. The first-order valence-corrected chi connectivity index (χ1v) is 6.78. The molecule has 19 heavy (non-hydrogen) atoms. The number of nitrogens with two attached hydrogens (primary N) is 1. The van der Waals surface area contributed by atoms with Gasteiger partial charge in [0, 0.05) is 24.5 Å². The lowest BCUT2D eigenvalue weighted by Crippen LogP contribution is -2.52. The molecule has 1 aliphatic rings. The van der Waals surface area contributed by atoms with Crippen LogP contribution in [-0.4, -0.2) is 15.0 Å². The molecule has 0 spiro atoms. The van der Waals surface area contributed by atoms with E-state index in [-0.39, 0.29) is 11.7 Å². The quantitative estimate of drug-likeness (QED) is 0.922. The van der Waals surface area contributed by atoms with Crippen molar-refractivity contribution in [1.82, 2.24) is 15.0 Å². The smallest absolute Gasteiger partial charge is 0.146 e. The fourth-order valence-electron chi connectivity index (χ4n) is 2.47. The zero-order valence-electron chi connectivity index (χ0n) is 10.1. The van der Waals surface area contributed by atoms with Crippen LogP contribution in [0.3, 0.4) is 0 Å². The fraction of sp³-hybridized carbons (Fsp3) is 0.308. The van der Waals surface area contributed by atoms with E-state index in [1.165, 1.54) is 6.07 Å². The van der Waals surface area contributed by atoms with Crippen molar-refractivity contribution in [1.29, 1.82) is 0 Å². The maximum Gasteiger partial charge on any atom is 0.146 e. The first-order valence-electron chi connectivity index (χ1n) is 5.98. The van der Waals surface area contributed by atoms with Crippen LogP contribution >= 0.6 is 15.9 Å². The second-order valence-corrected chi connectivity index (χ2v) is 5.64. The van der Waals surface area contributed by atoms with Crippen molar-refractivity contribution in [3.05, 3.63) is 52.5 Å². The Morgan fingerprint density at radius 2 is 2.05 bits per heavy atom. The summed E-state index contributed by atoms with van der Waals surface area (Å²) < 4.78 is 14.7. The third-order valence-corrected chi connectivity index (χ3v) is 4.03. The molecule has 0 aliphatic heterocycles. The molecule has 2 unspecified atom stereocenters. The number of rotatable bonds is 2. The summed E-state index contributed by atoms with van der Waals surface area (Å²) in [6.45, 7) is 0. The lowest BCUT2D eigenvalue weighted by Gasteiger charge is -2.45. The fourth-order valence-corrected chi connectivity index (χ4v) is 2.68. The van der Waals surface area contributed by atoms with Crippen LogP contribution in [-0.2, 0) is 5.54 Å². The molecule has 0 aromatic carbocycles. The van der Waals surface area contributed by atoms with Crippen molar-refractivity contribution in [3.8, 4) is 0 Å². The van der Waals surface area contributed by atoms with Crippen LogP contribution in [0.5, 0.6) is 0 Å². The molecule has 3 rings (SSSR count). The van der Waals surface area contributed by atoms with E-state index in [4.69, 9.17) is 5.73 Å². The van der Waals surface area contributed by atoms with Gasteiger partial charge in [0.25, 0.3) is 0 Å². The average Bonchev–Trinajstić information content (AvgIpc) is 2.40. The zero-order chi connectivity index (χ0) is 13.5. The van der Waals surface area contributed by atoms with Crippen molar-refractivity contribution < 1.29 is 4.39 Å². The van der Waals surface area contributed by atoms with E-state index in [2.05, 4.69) is 30.9 Å². The molecule has 2 heterocycles. The van der Waals surface area contributed by atoms with Crippen molar-refractivity contribution in [2.75, 3.05) is 0 Å². The highest BCUT2D eigenvalue weighted by Gasteiger charge is 2.49. The highest BCUT2D eigenvalue weighted by atomic mass is 79.9. The first-order chi connectivity index (χ1) is 9.11. The summed E-state index contributed by atoms with van der Waals surface area (Å²) >= 11 is 3.29. The van der Waals surface area contributed by atoms with Gasteiger partial charge in [0.15, 0.2) is 0 Å². The minimum Gasteiger partial charge on any atom is -0.319 e. The Hall–Kier alpha value is -1.40. The topological polar surface area (TPSA) is 64.7 Å². The largest absolute Gasteiger partial charge is 0.319 e. The predicted molar refractivity (Wildman–Crippen MR) is 71.8 cm³/mol. The second-order valence-electron chi connectivity index (χ2n) is 4.72. The SMILES string of the molecule is NC1(c2ncccc2F)CCC1c1ncc(Br)cn1. The lowest BCUT2D eigenvalue weighted by molar-refractivity contribution is 0.177. The number of hydrogen-bond donors (Lipinski definition) is 1. The highest BCUT2D eigenvalue weighted by Crippen LogP contribution is 2.49. The predicted octanol–water partition coefficient (Wildman–Crippen LogP) is 2.50. The van der Waals surface area contributed by atoms with E-state index in [0.29, 0.717) is 17.9 Å². The third kappa shape index (κ3) is 2.04. The minimum atomic E-state index is -0.806. The number of aromatic nitrogens is 3. The molecule has 0 amide bonds. The van der Waals surface area contributed by atoms with Gasteiger partial charge in [0.2, 0.25) is 0 Å². The average molecular weight is 323 g/mol. The van der Waals surface area contributed by atoms with E-state index >= 15 is 0 Å². The van der Waals surface area contributed by atoms with Crippen LogP contribution in [0.25, 0.3) is 0 Å². The van der Waals surface area contributed by atoms with E-state index in [9.17, 15) is 4.39 Å². The van der Waals surface area contributed by atoms with Gasteiger partial charge in [-0.05, 0) is 40.9 Å². The van der Waals surface area contributed by atoms with Crippen molar-refractivity contribution in [2.45, 2.75) is 24.3 Å². The maximum absolute atomic E-state index is 13.9. The van der Waals surface area contributed by atoms with Gasteiger partial charge in [-0.3, -0.25) is 4.98 Å². The monoisotopic (exact) mass is 322 g/mol. The summed E-state index contributed by atoms with van der Waals surface area (Å²) in [6.07, 6.45) is 6.44. The van der Waals surface area contributed by atoms with Crippen molar-refractivity contribution >= 4 is 15.9 Å². The Labute approximate surface area is 118 Å². The second kappa shape index (κ2) is 4.61. The van der Waals surface area contributed by atoms with Crippen LogP contribution in [0.15, 0.2) is 35.2 Å². The molecule has 2 atom stereocenters. The van der Waals surface area contributed by atoms with Crippen LogP contribution in [0.1, 0.15) is 30.3 Å². The van der Waals surface area contributed by atoms with Crippen molar-refractivity contribution in [3.63, 3.8) is 0 Å². The summed E-state index contributed by atoms with van der Waals surface area (Å²) in [5, 5.41) is 0. The van der Waals surface area contributed by atoms with Gasteiger partial charge in [-0.2, -0.15) is 0 Å². The molecule has 2 aromatic rings. The van der Waals surface area contributed by atoms with Crippen LogP contribution < -0.4 is 5.73 Å². The Morgan fingerprint density at radius 3 is 2.63 bits per heavy atom. The van der Waals surface area contributed by atoms with Crippen LogP contribution in [0.2, 0.25) is 0 Å². The van der Waals surface area contributed by atoms with E-state index in [1.54, 1.807) is 24.7 Å². The highest BCUT2D eigenvalue weighted by molar-refractivity contribution is 9.10. The molecule has 1 saturated carbocycles. The molecule has 0 bridgehead atoms. The number of nitrogens with zero attached hydrogens (tertiary/aromatic N) is 3. The standard InChI is InChI=1S/C13H12BrFN4/c14-8-6-18-12(19-7-8)9-3-4-13(9,16)11-10(15)2-1-5-17-11/h1-2,5-7,9H,3-4,16H2. The molecule has 1 aliphatic carbocycles. The number of halogens is 2. The first kappa shape index (κ1) is 12.6. The normalized spacial score (nSPS) is 25.9. The molecule has 0 saturated heterocycles. The molecule has 2 N–H and O–H groups in total. The van der Waals surface area contributed by atoms with Crippen molar-refractivity contribution in [2.24, 2.45) is 5.73 Å². The zero-order valence-corrected chi connectivity index (χ0v) is 11.6. The molecule has 2 aromatic heterocycles. The minimum absolute atomic E-state index is 0.0926. The van der Waals surface area contributed by atoms with Gasteiger partial charge >= 0.3 is 0 Å². The summed E-state index contributed by atoms with van der Waals surface area (Å²) in [7, 11) is 0. The summed E-state index contributed by atoms with van der Waals surface area (Å²) in [4.78, 5) is 12.6. The van der Waals surface area contributed by atoms with Crippen LogP contribution in [0, 0.1) is 5.82 Å². The summed E-state index contributed by atoms with van der Waals surface area (Å²) in [6, 6.07) is 2.95. The Bertz CT molecular complexity index is 604. The third-order valence-electron chi connectivity index (χ3n) is 3.62. The van der Waals surface area contributed by atoms with Crippen LogP contribution in [0.4, 0.5) is 4.39 Å². The van der Waals surface area contributed by atoms with Gasteiger partial charge in [-0.15, -0.1) is 0 Å². The maximum atomic E-state index is 13.9. The Balaban J connectivity index is 1.97. The lowest BCUT2D eigenvalue weighted by atomic mass is 9.64. The molecule has 0 radical (unpaired) electrons. The summed E-state index contributed by atoms with van der Waals surface area (Å²) in [5.74, 6) is 0.179. The number of pyridine rings is 1. The van der Waals surface area contributed by atoms with Gasteiger partial charge in [-0.1, -0.05) is 0 Å². The molecule has 98 valence electrons. The van der Waals surface area contributed by atoms with E-state index in [0.717, 1.165) is 10.9 Å². The van der Waals surface area contributed by atoms with E-state index < -0.39 is 5.54 Å². The molecule has 4 nitrogen and oxygen atoms in total. The molecule has 6 heteroatoms. The molecule has 1 fully saturated rings. The van der Waals surface area contributed by atoms with E-state index in [1.807, 2.05) is 0 Å². The van der Waals surface area contributed by atoms with Gasteiger partial charge in [-0.25, -0.2) is 14.4 Å². The Kier molecular flexibility index (Phi) is 3.06. The Morgan fingerprint density at radius 1 is 1.32 bits per heavy atom. The van der Waals surface area contributed by atoms with Gasteiger partial charge in [0.05, 0.1) is 15.7 Å². The van der Waals surface area contributed by atoms with Gasteiger partial charge < -0.3 is 5.73 Å². The number of hydrogen-bond acceptors (Lipinski definition) is 4. The summed E-state index contributed by atoms with van der Waals surface area (Å²) in [5.41, 5.74) is 5.84. The van der Waals surface area contributed by atoms with Gasteiger partial charge in [0.1, 0.15) is 11.6 Å². The molecular weight excluding hydrogens is 311 g/mol.